The normalized spacial score (nSPS) is 11.0. The first-order valence-corrected chi connectivity index (χ1v) is 10.4. The number of pyridine rings is 3. The average Bonchev–Trinajstić information content (AvgIpc) is 2.86. The van der Waals surface area contributed by atoms with Gasteiger partial charge in [-0.1, -0.05) is 36.4 Å². The summed E-state index contributed by atoms with van der Waals surface area (Å²) in [5.74, 6) is -0.424. The molecular weight excluding hydrogens is 416 g/mol. The van der Waals surface area contributed by atoms with Crippen LogP contribution in [0.5, 0.6) is 0 Å². The van der Waals surface area contributed by atoms with E-state index in [0.717, 1.165) is 11.1 Å². The zero-order chi connectivity index (χ0) is 22.8. The van der Waals surface area contributed by atoms with E-state index in [9.17, 15) is 9.59 Å². The molecule has 8 nitrogen and oxygen atoms in total. The van der Waals surface area contributed by atoms with Crippen molar-refractivity contribution in [2.75, 3.05) is 0 Å². The van der Waals surface area contributed by atoms with Crippen molar-refractivity contribution < 1.29 is 4.79 Å². The van der Waals surface area contributed by atoms with E-state index in [2.05, 4.69) is 15.3 Å². The topological polar surface area (TPSA) is 105 Å². The molecule has 0 atom stereocenters. The van der Waals surface area contributed by atoms with Gasteiger partial charge >= 0.3 is 0 Å². The van der Waals surface area contributed by atoms with Crippen LogP contribution >= 0.6 is 0 Å². The molecule has 0 aliphatic rings. The molecule has 2 N–H and O–H groups in total. The first-order chi connectivity index (χ1) is 16.1. The molecule has 8 heteroatoms. The van der Waals surface area contributed by atoms with E-state index in [4.69, 9.17) is 5.41 Å². The van der Waals surface area contributed by atoms with Gasteiger partial charge in [0.25, 0.3) is 11.5 Å². The molecule has 0 unspecified atom stereocenters. The highest BCUT2D eigenvalue weighted by molar-refractivity contribution is 5.96. The molecule has 33 heavy (non-hydrogen) atoms. The number of fused-ring (bicyclic) bond motifs is 2. The predicted octanol–water partition coefficient (Wildman–Crippen LogP) is 2.50. The molecule has 0 spiro atoms. The molecule has 0 aliphatic heterocycles. The van der Waals surface area contributed by atoms with Crippen LogP contribution in [0.1, 0.15) is 21.5 Å². The monoisotopic (exact) mass is 436 g/mol. The first kappa shape index (κ1) is 20.3. The molecule has 0 radical (unpaired) electrons. The zero-order valence-corrected chi connectivity index (χ0v) is 17.6. The zero-order valence-electron chi connectivity index (χ0n) is 17.6. The highest BCUT2D eigenvalue weighted by Gasteiger charge is 2.17. The molecule has 0 fully saturated rings. The molecule has 162 valence electrons. The minimum absolute atomic E-state index is 0.0166. The van der Waals surface area contributed by atoms with Gasteiger partial charge in [-0.25, -0.2) is 4.98 Å². The van der Waals surface area contributed by atoms with Crippen molar-refractivity contribution in [3.63, 3.8) is 0 Å². The second-order valence-electron chi connectivity index (χ2n) is 7.60. The summed E-state index contributed by atoms with van der Waals surface area (Å²) in [7, 11) is 0. The Morgan fingerprint density at radius 2 is 1.73 bits per heavy atom. The van der Waals surface area contributed by atoms with Crippen molar-refractivity contribution in [1.82, 2.24) is 24.3 Å². The number of carbonyl (C=O) groups excluding carboxylic acids is 1. The number of hydrogen-bond acceptors (Lipinski definition) is 5. The number of rotatable bonds is 5. The predicted molar refractivity (Wildman–Crippen MR) is 124 cm³/mol. The van der Waals surface area contributed by atoms with Gasteiger partial charge in [-0.05, 0) is 41.5 Å². The van der Waals surface area contributed by atoms with Crippen LogP contribution in [0.15, 0.2) is 90.1 Å². The van der Waals surface area contributed by atoms with Gasteiger partial charge in [-0.15, -0.1) is 0 Å². The van der Waals surface area contributed by atoms with E-state index in [-0.39, 0.29) is 28.5 Å². The van der Waals surface area contributed by atoms with Gasteiger partial charge in [0.05, 0.1) is 17.5 Å². The summed E-state index contributed by atoms with van der Waals surface area (Å²) in [6.07, 6.45) is 4.97. The Kier molecular flexibility index (Phi) is 5.24. The highest BCUT2D eigenvalue weighted by Crippen LogP contribution is 2.12. The summed E-state index contributed by atoms with van der Waals surface area (Å²) in [5, 5.41) is 11.9. The minimum atomic E-state index is -0.424. The van der Waals surface area contributed by atoms with Crippen molar-refractivity contribution in [1.29, 1.82) is 5.41 Å². The minimum Gasteiger partial charge on any atom is -0.348 e. The molecule has 5 aromatic rings. The summed E-state index contributed by atoms with van der Waals surface area (Å²) in [6.45, 7) is 0.587. The van der Waals surface area contributed by atoms with Crippen molar-refractivity contribution in [3.8, 4) is 0 Å². The quantitative estimate of drug-likeness (QED) is 0.413. The number of amides is 1. The van der Waals surface area contributed by atoms with Crippen LogP contribution < -0.4 is 16.4 Å². The van der Waals surface area contributed by atoms with Crippen molar-refractivity contribution in [2.45, 2.75) is 13.1 Å². The largest absolute Gasteiger partial charge is 0.348 e. The average molecular weight is 436 g/mol. The molecule has 0 bridgehead atoms. The van der Waals surface area contributed by atoms with E-state index in [1.165, 1.54) is 10.5 Å². The van der Waals surface area contributed by atoms with E-state index in [1.54, 1.807) is 41.4 Å². The Hall–Kier alpha value is -4.59. The molecule has 1 amide bonds. The molecule has 5 rings (SSSR count). The number of aromatic nitrogens is 4. The summed E-state index contributed by atoms with van der Waals surface area (Å²) < 4.78 is 3.03. The molecular formula is C25H20N6O2. The standard InChI is InChI=1S/C25H20N6O2/c26-22-19(24(32)28-15-17-6-2-1-3-7-17)14-20-23(31(22)16-18-9-11-27-12-10-18)29-21-8-4-5-13-30(21)25(20)33/h1-14,26H,15-16H2,(H,28,32). The van der Waals surface area contributed by atoms with Crippen LogP contribution in [0, 0.1) is 5.41 Å². The van der Waals surface area contributed by atoms with Gasteiger partial charge < -0.3 is 9.88 Å². The Bertz CT molecular complexity index is 1590. The molecule has 1 aromatic carbocycles. The SMILES string of the molecule is N=c1c(C(=O)NCc2ccccc2)cc2c(=O)n3ccccc3nc2n1Cc1ccncc1. The van der Waals surface area contributed by atoms with Crippen molar-refractivity contribution >= 4 is 22.6 Å². The molecule has 0 aliphatic carbocycles. The lowest BCUT2D eigenvalue weighted by Gasteiger charge is -2.15. The smallest absolute Gasteiger partial charge is 0.267 e. The maximum absolute atomic E-state index is 13.3. The molecule has 0 saturated carbocycles. The Labute approximate surface area is 188 Å². The van der Waals surface area contributed by atoms with Gasteiger partial charge in [-0.2, -0.15) is 0 Å². The third-order valence-corrected chi connectivity index (χ3v) is 5.45. The van der Waals surface area contributed by atoms with Crippen LogP contribution in [0.2, 0.25) is 0 Å². The van der Waals surface area contributed by atoms with Crippen LogP contribution in [-0.2, 0) is 13.1 Å². The van der Waals surface area contributed by atoms with E-state index in [0.29, 0.717) is 17.8 Å². The number of hydrogen-bond donors (Lipinski definition) is 2. The Balaban J connectivity index is 1.67. The third kappa shape index (κ3) is 3.89. The van der Waals surface area contributed by atoms with Crippen molar-refractivity contribution in [3.05, 3.63) is 118 Å². The first-order valence-electron chi connectivity index (χ1n) is 10.4. The molecule has 4 heterocycles. The number of nitrogens with zero attached hydrogens (tertiary/aromatic N) is 4. The van der Waals surface area contributed by atoms with E-state index < -0.39 is 5.91 Å². The number of carbonyl (C=O) groups is 1. The van der Waals surface area contributed by atoms with Gasteiger partial charge in [-0.3, -0.25) is 24.4 Å². The van der Waals surface area contributed by atoms with Crippen LogP contribution in [0.3, 0.4) is 0 Å². The summed E-state index contributed by atoms with van der Waals surface area (Å²) in [5.41, 5.74) is 2.44. The fourth-order valence-electron chi connectivity index (χ4n) is 3.76. The Morgan fingerprint density at radius 1 is 0.970 bits per heavy atom. The second kappa shape index (κ2) is 8.51. The lowest BCUT2D eigenvalue weighted by Crippen LogP contribution is -2.35. The van der Waals surface area contributed by atoms with Gasteiger partial charge in [0, 0.05) is 25.1 Å². The summed E-state index contributed by atoms with van der Waals surface area (Å²) in [6, 6.07) is 19.9. The lowest BCUT2D eigenvalue weighted by molar-refractivity contribution is 0.0948. The van der Waals surface area contributed by atoms with E-state index >= 15 is 0 Å². The maximum Gasteiger partial charge on any atom is 0.267 e. The molecule has 0 saturated heterocycles. The Morgan fingerprint density at radius 3 is 2.52 bits per heavy atom. The van der Waals surface area contributed by atoms with Crippen LogP contribution in [0.4, 0.5) is 0 Å². The van der Waals surface area contributed by atoms with Gasteiger partial charge in [0.1, 0.15) is 16.8 Å². The van der Waals surface area contributed by atoms with E-state index in [1.807, 2.05) is 42.5 Å². The van der Waals surface area contributed by atoms with Gasteiger partial charge in [0.15, 0.2) is 0 Å². The highest BCUT2D eigenvalue weighted by atomic mass is 16.1. The third-order valence-electron chi connectivity index (χ3n) is 5.45. The van der Waals surface area contributed by atoms with Crippen LogP contribution in [0.25, 0.3) is 16.7 Å². The lowest BCUT2D eigenvalue weighted by atomic mass is 10.1. The fraction of sp³-hybridized carbons (Fsp3) is 0.0800. The second-order valence-corrected chi connectivity index (χ2v) is 7.60. The summed E-state index contributed by atoms with van der Waals surface area (Å²) >= 11 is 0. The fourth-order valence-corrected chi connectivity index (χ4v) is 3.76. The summed E-state index contributed by atoms with van der Waals surface area (Å²) in [4.78, 5) is 35.0. The van der Waals surface area contributed by atoms with Crippen molar-refractivity contribution in [2.24, 2.45) is 0 Å². The molecule has 4 aromatic heterocycles. The van der Waals surface area contributed by atoms with Crippen LogP contribution in [-0.4, -0.2) is 24.8 Å². The van der Waals surface area contributed by atoms with Gasteiger partial charge in [0.2, 0.25) is 0 Å². The maximum atomic E-state index is 13.3. The number of nitrogens with one attached hydrogen (secondary N) is 2. The number of benzene rings is 1.